The van der Waals surface area contributed by atoms with Crippen LogP contribution in [0.4, 0.5) is 0 Å². The topological polar surface area (TPSA) is 145 Å². The molecule has 0 bridgehead atoms. The molecule has 3 rings (SSSR count). The Bertz CT molecular complexity index is 901. The Balaban J connectivity index is 1.99. The molecule has 146 valence electrons. The standard InChI is InChI=1S/C12H16B10N2O7/c13-19(14)21(17)22(20(15)16)18-5(2-25)7(18)4-1-24(12(30)23-10(4)29)11-9(28)8(27)6(3-26)31-11/h1,5-9,11,25-28H,2-3H2,(H,23,29,30)/t5?,6-,7?,8?,9?,11-/m1/s1. The van der Waals surface area contributed by atoms with Crippen LogP contribution in [0.25, 0.3) is 0 Å². The van der Waals surface area contributed by atoms with Crippen molar-refractivity contribution in [2.75, 3.05) is 13.2 Å². The van der Waals surface area contributed by atoms with Crippen LogP contribution in [-0.2, 0) is 4.74 Å². The molecule has 5 N–H and O–H groups in total. The first kappa shape index (κ1) is 24.8. The van der Waals surface area contributed by atoms with Crippen molar-refractivity contribution in [1.29, 1.82) is 0 Å². The Morgan fingerprint density at radius 3 is 2.19 bits per heavy atom. The van der Waals surface area contributed by atoms with E-state index in [2.05, 4.69) is 4.98 Å². The summed E-state index contributed by atoms with van der Waals surface area (Å²) in [6.45, 7) is -1.33. The Hall–Kier alpha value is -0.871. The summed E-state index contributed by atoms with van der Waals surface area (Å²) < 4.78 is 6.31. The molecule has 31 heavy (non-hydrogen) atoms. The highest BCUT2D eigenvalue weighted by Gasteiger charge is 2.59. The molecule has 0 saturated carbocycles. The molecular weight excluding hydrogens is 392 g/mol. The van der Waals surface area contributed by atoms with E-state index in [-0.39, 0.29) is 12.2 Å². The molecule has 9 nitrogen and oxygen atoms in total. The number of aromatic nitrogens is 2. The summed E-state index contributed by atoms with van der Waals surface area (Å²) in [5, 5.41) is 39.3. The third-order valence-corrected chi connectivity index (χ3v) is 6.36. The van der Waals surface area contributed by atoms with E-state index in [1.54, 1.807) is 0 Å². The molecule has 0 aromatic carbocycles. The van der Waals surface area contributed by atoms with E-state index < -0.39 is 86.2 Å². The number of aliphatic hydroxyl groups is 4. The third-order valence-electron chi connectivity index (χ3n) is 6.36. The maximum absolute atomic E-state index is 12.6. The maximum atomic E-state index is 12.6. The second-order valence-corrected chi connectivity index (χ2v) is 8.24. The zero-order valence-corrected chi connectivity index (χ0v) is 16.7. The van der Waals surface area contributed by atoms with Crippen LogP contribution in [0.1, 0.15) is 17.6 Å². The first-order valence-electron chi connectivity index (χ1n) is 9.91. The maximum Gasteiger partial charge on any atom is 0.330 e. The van der Waals surface area contributed by atoms with Gasteiger partial charge >= 0.3 is 5.69 Å². The van der Waals surface area contributed by atoms with Crippen LogP contribution in [0.5, 0.6) is 0 Å². The van der Waals surface area contributed by atoms with Gasteiger partial charge in [-0.1, -0.05) is 0 Å². The average molecular weight is 408 g/mol. The van der Waals surface area contributed by atoms with Crippen molar-refractivity contribution < 1.29 is 25.2 Å². The lowest BCUT2D eigenvalue weighted by molar-refractivity contribution is -0.0551. The van der Waals surface area contributed by atoms with Gasteiger partial charge in [0.2, 0.25) is 0 Å². The fourth-order valence-electron chi connectivity index (χ4n) is 4.66. The zero-order valence-electron chi connectivity index (χ0n) is 16.7. The lowest BCUT2D eigenvalue weighted by Gasteiger charge is -2.26. The van der Waals surface area contributed by atoms with Gasteiger partial charge in [0.25, 0.3) is 5.56 Å². The van der Waals surface area contributed by atoms with E-state index in [9.17, 15) is 30.0 Å². The van der Waals surface area contributed by atoms with Crippen molar-refractivity contribution >= 4 is 70.8 Å². The van der Waals surface area contributed by atoms with Crippen LogP contribution in [0, 0.1) is 0 Å². The number of ether oxygens (including phenoxy) is 1. The van der Waals surface area contributed by atoms with E-state index in [4.69, 9.17) is 43.4 Å². The lowest BCUT2D eigenvalue weighted by Crippen LogP contribution is -2.64. The molecule has 2 aliphatic rings. The molecule has 3 heterocycles. The largest absolute Gasteiger partial charge is 0.397 e. The number of aromatic amines is 1. The number of nitrogens with zero attached hydrogens (tertiary/aromatic N) is 1. The SMILES string of the molecule is [B]B([B])B([B])B(B([B])[B])B1C(CO)C1c1cn([C@@H]2O[C@H](CO)C(O)C2O)c(=O)[nH]c1=O. The monoisotopic (exact) mass is 410 g/mol. The number of rotatable bonds is 8. The Labute approximate surface area is 187 Å². The van der Waals surface area contributed by atoms with E-state index in [1.165, 1.54) is 6.20 Å². The van der Waals surface area contributed by atoms with Gasteiger partial charge in [-0.2, -0.15) is 0 Å². The van der Waals surface area contributed by atoms with Crippen LogP contribution in [0.3, 0.4) is 0 Å². The Morgan fingerprint density at radius 2 is 1.71 bits per heavy atom. The quantitative estimate of drug-likeness (QED) is 0.269. The van der Waals surface area contributed by atoms with Gasteiger partial charge in [0, 0.05) is 82.6 Å². The summed E-state index contributed by atoms with van der Waals surface area (Å²) in [6, 6.07) is 0. The fourth-order valence-corrected chi connectivity index (χ4v) is 4.66. The lowest BCUT2D eigenvalue weighted by atomic mass is 8.57. The molecule has 6 atom stereocenters. The number of hydrogen-bond acceptors (Lipinski definition) is 7. The number of H-pyrrole nitrogens is 1. The van der Waals surface area contributed by atoms with Gasteiger partial charge < -0.3 is 25.2 Å². The molecule has 2 fully saturated rings. The normalized spacial score (nSPS) is 29.6. The number of nitrogens with one attached hydrogen (secondary N) is 1. The summed E-state index contributed by atoms with van der Waals surface area (Å²) in [7, 11) is 29.3. The van der Waals surface area contributed by atoms with Crippen molar-refractivity contribution in [2.24, 2.45) is 0 Å². The molecule has 4 unspecified atom stereocenters. The summed E-state index contributed by atoms with van der Waals surface area (Å²) in [5.74, 6) is -1.01. The number of aliphatic hydroxyl groups excluding tert-OH is 4. The van der Waals surface area contributed by atoms with Crippen LogP contribution in [0.2, 0.25) is 5.82 Å². The van der Waals surface area contributed by atoms with E-state index in [0.29, 0.717) is 0 Å². The fraction of sp³-hybridized carbons (Fsp3) is 0.667. The molecule has 19 heteroatoms. The van der Waals surface area contributed by atoms with Crippen molar-refractivity contribution in [3.8, 4) is 0 Å². The molecule has 10 radical (unpaired) electrons. The highest BCUT2D eigenvalue weighted by molar-refractivity contribution is 8.01. The molecule has 0 aliphatic carbocycles. The van der Waals surface area contributed by atoms with Crippen LogP contribution in [-0.4, -0.2) is 132 Å². The van der Waals surface area contributed by atoms with Gasteiger partial charge in [0.15, 0.2) is 6.23 Å². The predicted octanol–water partition coefficient (Wildman–Crippen LogP) is -6.74. The van der Waals surface area contributed by atoms with Crippen LogP contribution >= 0.6 is 0 Å². The van der Waals surface area contributed by atoms with Crippen LogP contribution in [0.15, 0.2) is 15.8 Å². The first-order valence-corrected chi connectivity index (χ1v) is 9.91. The zero-order chi connectivity index (χ0) is 23.2. The van der Waals surface area contributed by atoms with Gasteiger partial charge in [-0.25, -0.2) is 4.79 Å². The molecule has 0 amide bonds. The van der Waals surface area contributed by atoms with Crippen molar-refractivity contribution in [3.05, 3.63) is 32.6 Å². The van der Waals surface area contributed by atoms with E-state index in [0.717, 1.165) is 4.57 Å². The highest BCUT2D eigenvalue weighted by Crippen LogP contribution is 2.51. The molecular formula is C12H16B10N2O7. The van der Waals surface area contributed by atoms with Gasteiger partial charge in [0.1, 0.15) is 24.9 Å². The average Bonchev–Trinajstić information content (AvgIpc) is 3.33. The number of hydrogen-bond donors (Lipinski definition) is 5. The Kier molecular flexibility index (Phi) is 7.63. The summed E-state index contributed by atoms with van der Waals surface area (Å²) in [4.78, 5) is 27.1. The summed E-state index contributed by atoms with van der Waals surface area (Å²) in [5.41, 5.74) is -1.46. The first-order chi connectivity index (χ1) is 14.5. The van der Waals surface area contributed by atoms with Crippen molar-refractivity contribution in [1.82, 2.24) is 9.55 Å². The third kappa shape index (κ3) is 4.49. The van der Waals surface area contributed by atoms with Crippen molar-refractivity contribution in [2.45, 2.75) is 36.2 Å². The predicted molar refractivity (Wildman–Crippen MR) is 125 cm³/mol. The van der Waals surface area contributed by atoms with Gasteiger partial charge in [-0.3, -0.25) is 14.3 Å². The second kappa shape index (κ2) is 9.55. The molecule has 2 saturated heterocycles. The molecule has 1 aromatic rings. The van der Waals surface area contributed by atoms with E-state index >= 15 is 0 Å². The van der Waals surface area contributed by atoms with Gasteiger partial charge in [-0.05, 0) is 11.6 Å². The summed E-state index contributed by atoms with van der Waals surface area (Å²) >= 11 is 0. The summed E-state index contributed by atoms with van der Waals surface area (Å²) in [6.07, 6.45) is -7.51. The Morgan fingerprint density at radius 1 is 1.06 bits per heavy atom. The van der Waals surface area contributed by atoms with E-state index in [1.807, 2.05) is 0 Å². The highest BCUT2D eigenvalue weighted by atomic mass is 16.6. The van der Waals surface area contributed by atoms with Crippen molar-refractivity contribution in [3.63, 3.8) is 0 Å². The minimum Gasteiger partial charge on any atom is -0.397 e. The van der Waals surface area contributed by atoms with Gasteiger partial charge in [-0.15, -0.1) is 0 Å². The molecule has 2 aliphatic heterocycles. The minimum atomic E-state index is -1.52. The van der Waals surface area contributed by atoms with Crippen LogP contribution < -0.4 is 11.2 Å². The van der Waals surface area contributed by atoms with Gasteiger partial charge in [0.05, 0.1) is 6.61 Å². The minimum absolute atomic E-state index is 0.116. The smallest absolute Gasteiger partial charge is 0.330 e. The molecule has 0 spiro atoms. The second-order valence-electron chi connectivity index (χ2n) is 8.24. The molecule has 1 aromatic heterocycles.